The summed E-state index contributed by atoms with van der Waals surface area (Å²) >= 11 is 1.29. The van der Waals surface area contributed by atoms with Gasteiger partial charge in [-0.05, 0) is 43.0 Å². The summed E-state index contributed by atoms with van der Waals surface area (Å²) in [6.45, 7) is 6.08. The van der Waals surface area contributed by atoms with Crippen molar-refractivity contribution in [2.45, 2.75) is 38.9 Å². The van der Waals surface area contributed by atoms with Crippen LogP contribution in [0.4, 0.5) is 5.69 Å². The molecule has 2 N–H and O–H groups in total. The first kappa shape index (κ1) is 24.3. The van der Waals surface area contributed by atoms with Gasteiger partial charge in [0.2, 0.25) is 5.91 Å². The van der Waals surface area contributed by atoms with Crippen molar-refractivity contribution in [1.82, 2.24) is 20.1 Å². The molecule has 0 aliphatic rings. The fraction of sp³-hybridized carbons (Fsp3) is 0.333. The summed E-state index contributed by atoms with van der Waals surface area (Å²) < 4.78 is 7.45. The van der Waals surface area contributed by atoms with Crippen molar-refractivity contribution in [1.29, 1.82) is 0 Å². The lowest BCUT2D eigenvalue weighted by atomic mass is 10.1. The third-order valence-corrected chi connectivity index (χ3v) is 6.15. The number of carbonyl (C=O) groups excluding carboxylic acids is 2. The number of anilines is 1. The molecule has 0 aliphatic carbocycles. The van der Waals surface area contributed by atoms with Gasteiger partial charge in [-0.2, -0.15) is 0 Å². The Hall–Kier alpha value is -3.33. The van der Waals surface area contributed by atoms with Gasteiger partial charge in [0.15, 0.2) is 17.6 Å². The average Bonchev–Trinajstić information content (AvgIpc) is 3.15. The summed E-state index contributed by atoms with van der Waals surface area (Å²) in [5.74, 6) is 1.17. The molecule has 0 atom stereocenters. The highest BCUT2D eigenvalue weighted by molar-refractivity contribution is 7.99. The van der Waals surface area contributed by atoms with Gasteiger partial charge in [-0.25, -0.2) is 0 Å². The number of thioether (sulfide) groups is 1. The van der Waals surface area contributed by atoms with Crippen LogP contribution in [0.25, 0.3) is 0 Å². The molecule has 0 fully saturated rings. The fourth-order valence-electron chi connectivity index (χ4n) is 3.28. The van der Waals surface area contributed by atoms with Crippen molar-refractivity contribution in [3.05, 3.63) is 65.0 Å². The van der Waals surface area contributed by atoms with E-state index in [1.54, 1.807) is 11.6 Å². The lowest BCUT2D eigenvalue weighted by molar-refractivity contribution is -0.123. The molecule has 2 aromatic carbocycles. The average molecular weight is 468 g/mol. The van der Waals surface area contributed by atoms with E-state index in [0.29, 0.717) is 11.0 Å². The maximum absolute atomic E-state index is 12.4. The summed E-state index contributed by atoms with van der Waals surface area (Å²) in [4.78, 5) is 24.6. The molecule has 0 saturated carbocycles. The van der Waals surface area contributed by atoms with Gasteiger partial charge in [0.1, 0.15) is 5.75 Å². The summed E-state index contributed by atoms with van der Waals surface area (Å²) in [7, 11) is 1.81. The molecule has 0 spiro atoms. The Morgan fingerprint density at radius 3 is 2.48 bits per heavy atom. The number of benzene rings is 2. The van der Waals surface area contributed by atoms with Gasteiger partial charge in [-0.1, -0.05) is 55.1 Å². The molecule has 1 aromatic heterocycles. The number of carbonyl (C=O) groups is 2. The highest BCUT2D eigenvalue weighted by Gasteiger charge is 2.14. The van der Waals surface area contributed by atoms with E-state index in [2.05, 4.69) is 27.8 Å². The van der Waals surface area contributed by atoms with Crippen molar-refractivity contribution < 1.29 is 14.3 Å². The summed E-state index contributed by atoms with van der Waals surface area (Å²) in [5.41, 5.74) is 3.89. The van der Waals surface area contributed by atoms with Gasteiger partial charge < -0.3 is 19.9 Å². The smallest absolute Gasteiger partial charge is 0.258 e. The Morgan fingerprint density at radius 2 is 1.76 bits per heavy atom. The van der Waals surface area contributed by atoms with Gasteiger partial charge in [0, 0.05) is 12.7 Å². The van der Waals surface area contributed by atoms with Crippen molar-refractivity contribution >= 4 is 29.3 Å². The van der Waals surface area contributed by atoms with Crippen LogP contribution in [0.3, 0.4) is 0 Å². The van der Waals surface area contributed by atoms with E-state index in [4.69, 9.17) is 4.74 Å². The lowest BCUT2D eigenvalue weighted by Crippen LogP contribution is -2.29. The molecular weight excluding hydrogens is 438 g/mol. The second-order valence-corrected chi connectivity index (χ2v) is 8.53. The first-order valence-corrected chi connectivity index (χ1v) is 11.7. The Kier molecular flexibility index (Phi) is 8.48. The Balaban J connectivity index is 1.47. The van der Waals surface area contributed by atoms with Gasteiger partial charge >= 0.3 is 0 Å². The molecule has 9 heteroatoms. The van der Waals surface area contributed by atoms with E-state index in [-0.39, 0.29) is 30.7 Å². The predicted octanol–water partition coefficient (Wildman–Crippen LogP) is 3.42. The van der Waals surface area contributed by atoms with Crippen LogP contribution in [0.2, 0.25) is 0 Å². The van der Waals surface area contributed by atoms with Crippen LogP contribution < -0.4 is 15.4 Å². The fourth-order valence-corrected chi connectivity index (χ4v) is 4.01. The zero-order chi connectivity index (χ0) is 23.8. The number of aryl methyl sites for hydroxylation is 3. The third kappa shape index (κ3) is 6.58. The zero-order valence-corrected chi connectivity index (χ0v) is 20.2. The maximum Gasteiger partial charge on any atom is 0.258 e. The second-order valence-electron chi connectivity index (χ2n) is 7.59. The molecule has 8 nitrogen and oxygen atoms in total. The predicted molar refractivity (Wildman–Crippen MR) is 129 cm³/mol. The molecule has 1 heterocycles. The molecule has 0 saturated heterocycles. The molecule has 174 valence electrons. The number of hydrogen-bond acceptors (Lipinski definition) is 6. The van der Waals surface area contributed by atoms with Gasteiger partial charge in [-0.15, -0.1) is 10.2 Å². The highest BCUT2D eigenvalue weighted by Crippen LogP contribution is 2.22. The lowest BCUT2D eigenvalue weighted by Gasteiger charge is -2.12. The SMILES string of the molecule is CCc1ccccc1NC(=O)CSc1nnc(CNC(=O)COc2c(C)cccc2C)n1C. The topological polar surface area (TPSA) is 98.1 Å². The second kappa shape index (κ2) is 11.5. The quantitative estimate of drug-likeness (QED) is 0.444. The van der Waals surface area contributed by atoms with Gasteiger partial charge in [-0.3, -0.25) is 9.59 Å². The third-order valence-electron chi connectivity index (χ3n) is 5.13. The Morgan fingerprint density at radius 1 is 1.03 bits per heavy atom. The molecule has 0 aliphatic heterocycles. The standard InChI is InChI=1S/C24H29N5O3S/c1-5-18-11-6-7-12-19(18)26-22(31)15-33-24-28-27-20(29(24)4)13-25-21(30)14-32-23-16(2)9-8-10-17(23)3/h6-12H,5,13-15H2,1-4H3,(H,25,30)(H,26,31). The normalized spacial score (nSPS) is 10.7. The minimum Gasteiger partial charge on any atom is -0.483 e. The van der Waals surface area contributed by atoms with Crippen molar-refractivity contribution in [2.24, 2.45) is 7.05 Å². The first-order valence-electron chi connectivity index (χ1n) is 10.7. The van der Waals surface area contributed by atoms with Gasteiger partial charge in [0.25, 0.3) is 5.91 Å². The maximum atomic E-state index is 12.4. The minimum absolute atomic E-state index is 0.0788. The number of rotatable bonds is 10. The number of aromatic nitrogens is 3. The van der Waals surface area contributed by atoms with E-state index < -0.39 is 0 Å². The Labute approximate surface area is 198 Å². The van der Waals surface area contributed by atoms with Crippen LogP contribution in [-0.4, -0.2) is 38.9 Å². The van der Waals surface area contributed by atoms with Crippen LogP contribution in [0.1, 0.15) is 29.4 Å². The van der Waals surface area contributed by atoms with Gasteiger partial charge in [0.05, 0.1) is 12.3 Å². The zero-order valence-electron chi connectivity index (χ0n) is 19.3. The van der Waals surface area contributed by atoms with E-state index in [1.165, 1.54) is 11.8 Å². The van der Waals surface area contributed by atoms with Crippen LogP contribution in [0, 0.1) is 13.8 Å². The number of nitrogens with zero attached hydrogens (tertiary/aromatic N) is 3. The molecular formula is C24H29N5O3S. The summed E-state index contributed by atoms with van der Waals surface area (Å²) in [6, 6.07) is 13.6. The number of ether oxygens (including phenoxy) is 1. The first-order chi connectivity index (χ1) is 15.9. The summed E-state index contributed by atoms with van der Waals surface area (Å²) in [5, 5.41) is 14.6. The molecule has 0 bridgehead atoms. The minimum atomic E-state index is -0.246. The molecule has 3 aromatic rings. The Bertz CT molecular complexity index is 1110. The molecule has 0 unspecified atom stereocenters. The summed E-state index contributed by atoms with van der Waals surface area (Å²) in [6.07, 6.45) is 0.845. The van der Waals surface area contributed by atoms with Crippen LogP contribution in [-0.2, 0) is 29.6 Å². The number of amides is 2. The van der Waals surface area contributed by atoms with E-state index in [9.17, 15) is 9.59 Å². The molecule has 33 heavy (non-hydrogen) atoms. The number of para-hydroxylation sites is 2. The van der Waals surface area contributed by atoms with E-state index >= 15 is 0 Å². The van der Waals surface area contributed by atoms with E-state index in [1.807, 2.05) is 56.3 Å². The monoisotopic (exact) mass is 467 g/mol. The van der Waals surface area contributed by atoms with E-state index in [0.717, 1.165) is 34.5 Å². The van der Waals surface area contributed by atoms with Crippen molar-refractivity contribution in [3.8, 4) is 5.75 Å². The van der Waals surface area contributed by atoms with Crippen molar-refractivity contribution in [2.75, 3.05) is 17.7 Å². The highest BCUT2D eigenvalue weighted by atomic mass is 32.2. The van der Waals surface area contributed by atoms with Crippen LogP contribution >= 0.6 is 11.8 Å². The molecule has 3 rings (SSSR count). The molecule has 0 radical (unpaired) electrons. The number of nitrogens with one attached hydrogen (secondary N) is 2. The van der Waals surface area contributed by atoms with Crippen LogP contribution in [0.5, 0.6) is 5.75 Å². The van der Waals surface area contributed by atoms with Crippen LogP contribution in [0.15, 0.2) is 47.6 Å². The number of hydrogen-bond donors (Lipinski definition) is 2. The molecule has 2 amide bonds. The largest absolute Gasteiger partial charge is 0.483 e. The van der Waals surface area contributed by atoms with Crippen molar-refractivity contribution in [3.63, 3.8) is 0 Å².